The summed E-state index contributed by atoms with van der Waals surface area (Å²) in [6, 6.07) is 10.6. The molecule has 5 rings (SSSR count). The van der Waals surface area contributed by atoms with Crippen LogP contribution in [0.15, 0.2) is 55.1 Å². The van der Waals surface area contributed by atoms with Crippen LogP contribution in [0.4, 0.5) is 18.9 Å². The van der Waals surface area contributed by atoms with Crippen molar-refractivity contribution in [3.8, 4) is 0 Å². The number of anilines is 1. The number of halogens is 3. The predicted octanol–water partition coefficient (Wildman–Crippen LogP) is 3.62. The lowest BCUT2D eigenvalue weighted by Gasteiger charge is -2.43. The smallest absolute Gasteiger partial charge is 0.137 e. The highest BCUT2D eigenvalue weighted by atomic mass is 19.1. The fourth-order valence-electron chi connectivity index (χ4n) is 5.67. The molecule has 1 atom stereocenters. The Kier molecular flexibility index (Phi) is 7.78. The molecule has 0 spiro atoms. The average molecular weight is 515 g/mol. The van der Waals surface area contributed by atoms with E-state index < -0.39 is 17.2 Å². The van der Waals surface area contributed by atoms with Crippen molar-refractivity contribution in [1.82, 2.24) is 24.6 Å². The van der Waals surface area contributed by atoms with Gasteiger partial charge in [-0.05, 0) is 69.1 Å². The number of aliphatic hydroxyl groups is 1. The first kappa shape index (κ1) is 25.7. The van der Waals surface area contributed by atoms with Crippen LogP contribution in [0.2, 0.25) is 0 Å². The third-order valence-corrected chi connectivity index (χ3v) is 7.63. The summed E-state index contributed by atoms with van der Waals surface area (Å²) < 4.78 is 42.9. The fraction of sp³-hybridized carbons (Fsp3) is 0.481. The van der Waals surface area contributed by atoms with Gasteiger partial charge in [0.2, 0.25) is 0 Å². The van der Waals surface area contributed by atoms with E-state index in [0.717, 1.165) is 63.6 Å². The van der Waals surface area contributed by atoms with E-state index in [0.29, 0.717) is 12.1 Å². The second-order valence-corrected chi connectivity index (χ2v) is 10.2. The number of hydrogen-bond acceptors (Lipinski definition) is 6. The summed E-state index contributed by atoms with van der Waals surface area (Å²) in [5.41, 5.74) is -0.575. The van der Waals surface area contributed by atoms with E-state index >= 15 is 0 Å². The van der Waals surface area contributed by atoms with Crippen molar-refractivity contribution in [1.29, 1.82) is 0 Å². The average Bonchev–Trinajstić information content (AvgIpc) is 3.39. The lowest BCUT2D eigenvalue weighted by atomic mass is 9.90. The van der Waals surface area contributed by atoms with Crippen LogP contribution in [0, 0.1) is 17.5 Å². The van der Waals surface area contributed by atoms with Crippen LogP contribution in [0.5, 0.6) is 0 Å². The minimum absolute atomic E-state index is 0.0179. The van der Waals surface area contributed by atoms with Gasteiger partial charge in [0.05, 0.1) is 6.54 Å². The quantitative estimate of drug-likeness (QED) is 0.479. The molecule has 2 N–H and O–H groups in total. The standard InChI is InChI=1S/C27H33F3N6O/c28-20-1-4-22(5-2-20)33-23-7-13-35(14-8-23)24-9-11-34(12-10-24)16-27(37,17-36-19-31-18-32-36)25-6-3-21(29)15-26(25)30/h1-6,15,18-19,23-24,33,37H,7-14,16-17H2. The Morgan fingerprint density at radius 2 is 1.59 bits per heavy atom. The first-order chi connectivity index (χ1) is 17.9. The highest BCUT2D eigenvalue weighted by Crippen LogP contribution is 2.30. The van der Waals surface area contributed by atoms with Gasteiger partial charge in [-0.2, -0.15) is 5.10 Å². The third kappa shape index (κ3) is 6.31. The topological polar surface area (TPSA) is 69.5 Å². The van der Waals surface area contributed by atoms with Gasteiger partial charge < -0.3 is 15.3 Å². The van der Waals surface area contributed by atoms with Gasteiger partial charge in [-0.15, -0.1) is 0 Å². The molecule has 2 saturated heterocycles. The Bertz CT molecular complexity index is 1150. The number of aromatic nitrogens is 3. The van der Waals surface area contributed by atoms with Gasteiger partial charge in [-0.25, -0.2) is 22.8 Å². The number of β-amino-alcohol motifs (C(OH)–C–C–N with tert-alkyl or cyclic N) is 1. The minimum Gasteiger partial charge on any atom is -0.382 e. The number of nitrogens with one attached hydrogen (secondary N) is 1. The van der Waals surface area contributed by atoms with Gasteiger partial charge in [0.1, 0.15) is 35.7 Å². The highest BCUT2D eigenvalue weighted by Gasteiger charge is 2.37. The zero-order valence-corrected chi connectivity index (χ0v) is 20.7. The summed E-state index contributed by atoms with van der Waals surface area (Å²) in [4.78, 5) is 8.62. The van der Waals surface area contributed by atoms with Gasteiger partial charge in [-0.3, -0.25) is 4.90 Å². The minimum atomic E-state index is -1.58. The van der Waals surface area contributed by atoms with Crippen molar-refractivity contribution in [3.05, 3.63) is 78.1 Å². The maximum Gasteiger partial charge on any atom is 0.137 e. The zero-order valence-electron chi connectivity index (χ0n) is 20.7. The number of likely N-dealkylation sites (tertiary alicyclic amines) is 2. The summed E-state index contributed by atoms with van der Waals surface area (Å²) in [7, 11) is 0. The third-order valence-electron chi connectivity index (χ3n) is 7.63. The molecule has 3 aromatic rings. The van der Waals surface area contributed by atoms with Crippen LogP contribution in [0.1, 0.15) is 31.2 Å². The molecule has 0 bridgehead atoms. The molecule has 1 aromatic heterocycles. The number of piperidine rings is 2. The van der Waals surface area contributed by atoms with Gasteiger partial charge in [0, 0.05) is 49.0 Å². The fourth-order valence-corrected chi connectivity index (χ4v) is 5.67. The molecule has 2 aromatic carbocycles. The largest absolute Gasteiger partial charge is 0.382 e. The van der Waals surface area contributed by atoms with E-state index in [9.17, 15) is 18.3 Å². The van der Waals surface area contributed by atoms with E-state index in [1.165, 1.54) is 41.6 Å². The zero-order chi connectivity index (χ0) is 25.8. The first-order valence-corrected chi connectivity index (χ1v) is 12.9. The van der Waals surface area contributed by atoms with E-state index in [-0.39, 0.29) is 24.5 Å². The molecule has 198 valence electrons. The molecule has 2 fully saturated rings. The van der Waals surface area contributed by atoms with Crippen molar-refractivity contribution in [2.75, 3.05) is 38.0 Å². The molecule has 0 radical (unpaired) electrons. The number of nitrogens with zero attached hydrogens (tertiary/aromatic N) is 5. The van der Waals surface area contributed by atoms with Crippen LogP contribution in [0.3, 0.4) is 0 Å². The van der Waals surface area contributed by atoms with Crippen molar-refractivity contribution >= 4 is 5.69 Å². The Morgan fingerprint density at radius 3 is 2.24 bits per heavy atom. The van der Waals surface area contributed by atoms with Crippen molar-refractivity contribution in [2.24, 2.45) is 0 Å². The van der Waals surface area contributed by atoms with Crippen molar-refractivity contribution in [2.45, 2.75) is 49.9 Å². The van der Waals surface area contributed by atoms with E-state index in [4.69, 9.17) is 0 Å². The molecule has 7 nitrogen and oxygen atoms in total. The molecular formula is C27H33F3N6O. The summed E-state index contributed by atoms with van der Waals surface area (Å²) in [6.45, 7) is 3.79. The molecule has 10 heteroatoms. The van der Waals surface area contributed by atoms with E-state index in [1.807, 2.05) is 0 Å². The van der Waals surface area contributed by atoms with Crippen LogP contribution in [-0.4, -0.2) is 74.5 Å². The molecule has 37 heavy (non-hydrogen) atoms. The maximum atomic E-state index is 14.7. The summed E-state index contributed by atoms with van der Waals surface area (Å²) >= 11 is 0. The second kappa shape index (κ2) is 11.2. The second-order valence-electron chi connectivity index (χ2n) is 10.2. The first-order valence-electron chi connectivity index (χ1n) is 12.9. The number of benzene rings is 2. The summed E-state index contributed by atoms with van der Waals surface area (Å²) in [5, 5.41) is 19.2. The Hall–Kier alpha value is -2.95. The molecule has 0 amide bonds. The predicted molar refractivity (Wildman–Crippen MR) is 134 cm³/mol. The number of hydrogen-bond donors (Lipinski definition) is 2. The number of rotatable bonds is 8. The molecular weight excluding hydrogens is 481 g/mol. The summed E-state index contributed by atoms with van der Waals surface area (Å²) in [5.74, 6) is -1.68. The Morgan fingerprint density at radius 1 is 0.892 bits per heavy atom. The van der Waals surface area contributed by atoms with Gasteiger partial charge in [0.25, 0.3) is 0 Å². The van der Waals surface area contributed by atoms with Crippen molar-refractivity contribution in [3.63, 3.8) is 0 Å². The van der Waals surface area contributed by atoms with Crippen LogP contribution in [0.25, 0.3) is 0 Å². The normalized spacial score (nSPS) is 20.1. The van der Waals surface area contributed by atoms with E-state index in [1.54, 1.807) is 12.1 Å². The Balaban J connectivity index is 1.16. The van der Waals surface area contributed by atoms with Gasteiger partial charge in [-0.1, -0.05) is 6.07 Å². The van der Waals surface area contributed by atoms with Gasteiger partial charge >= 0.3 is 0 Å². The molecule has 1 unspecified atom stereocenters. The lowest BCUT2D eigenvalue weighted by Crippen LogP contribution is -2.52. The monoisotopic (exact) mass is 514 g/mol. The molecule has 2 aliphatic heterocycles. The highest BCUT2D eigenvalue weighted by molar-refractivity contribution is 5.43. The molecule has 3 heterocycles. The van der Waals surface area contributed by atoms with Crippen molar-refractivity contribution < 1.29 is 18.3 Å². The Labute approximate surface area is 214 Å². The lowest BCUT2D eigenvalue weighted by molar-refractivity contribution is -0.0323. The maximum absolute atomic E-state index is 14.7. The SMILES string of the molecule is OC(CN1CCC(N2CCC(Nc3ccc(F)cc3)CC2)CC1)(Cn1cncn1)c1ccc(F)cc1F. The molecule has 0 aliphatic carbocycles. The van der Waals surface area contributed by atoms with Crippen LogP contribution in [-0.2, 0) is 12.1 Å². The molecule has 2 aliphatic rings. The van der Waals surface area contributed by atoms with Crippen LogP contribution < -0.4 is 5.32 Å². The van der Waals surface area contributed by atoms with Gasteiger partial charge in [0.15, 0.2) is 0 Å². The van der Waals surface area contributed by atoms with E-state index in [2.05, 4.69) is 25.2 Å². The van der Waals surface area contributed by atoms with Crippen LogP contribution >= 0.6 is 0 Å². The molecule has 0 saturated carbocycles. The summed E-state index contributed by atoms with van der Waals surface area (Å²) in [6.07, 6.45) is 6.82.